The number of ether oxygens (including phenoxy) is 1. The molecule has 1 rings (SSSR count). The SMILES string of the molecule is CCOc1ccc(O)c(C)c1C(C)=O. The van der Waals surface area contributed by atoms with Crippen molar-refractivity contribution < 1.29 is 14.6 Å². The zero-order valence-corrected chi connectivity index (χ0v) is 8.63. The molecule has 0 aliphatic rings. The molecule has 0 aliphatic carbocycles. The molecule has 0 saturated carbocycles. The van der Waals surface area contributed by atoms with E-state index >= 15 is 0 Å². The summed E-state index contributed by atoms with van der Waals surface area (Å²) in [4.78, 5) is 11.3. The van der Waals surface area contributed by atoms with Crippen molar-refractivity contribution in [3.63, 3.8) is 0 Å². The zero-order valence-electron chi connectivity index (χ0n) is 8.63. The van der Waals surface area contributed by atoms with Crippen molar-refractivity contribution in [2.45, 2.75) is 20.8 Å². The van der Waals surface area contributed by atoms with Gasteiger partial charge < -0.3 is 9.84 Å². The van der Waals surface area contributed by atoms with Crippen LogP contribution in [-0.4, -0.2) is 17.5 Å². The van der Waals surface area contributed by atoms with Crippen LogP contribution in [0.25, 0.3) is 0 Å². The number of Topliss-reactive ketones (excluding diaryl/α,β-unsaturated/α-hetero) is 1. The molecule has 76 valence electrons. The predicted octanol–water partition coefficient (Wildman–Crippen LogP) is 2.30. The minimum atomic E-state index is -0.0955. The Hall–Kier alpha value is -1.51. The predicted molar refractivity (Wildman–Crippen MR) is 54.0 cm³/mol. The number of rotatable bonds is 3. The number of phenols is 1. The van der Waals surface area contributed by atoms with Crippen molar-refractivity contribution in [1.82, 2.24) is 0 Å². The summed E-state index contributed by atoms with van der Waals surface area (Å²) in [6.07, 6.45) is 0. The van der Waals surface area contributed by atoms with Crippen molar-refractivity contribution in [2.24, 2.45) is 0 Å². The maximum Gasteiger partial charge on any atom is 0.163 e. The Morgan fingerprint density at radius 1 is 1.50 bits per heavy atom. The first-order valence-electron chi connectivity index (χ1n) is 4.54. The van der Waals surface area contributed by atoms with E-state index in [9.17, 15) is 9.90 Å². The fourth-order valence-corrected chi connectivity index (χ4v) is 1.39. The Morgan fingerprint density at radius 3 is 2.64 bits per heavy atom. The molecule has 1 aromatic carbocycles. The monoisotopic (exact) mass is 194 g/mol. The van der Waals surface area contributed by atoms with Gasteiger partial charge >= 0.3 is 0 Å². The molecule has 0 aliphatic heterocycles. The molecule has 0 spiro atoms. The van der Waals surface area contributed by atoms with Gasteiger partial charge in [-0.2, -0.15) is 0 Å². The van der Waals surface area contributed by atoms with E-state index < -0.39 is 0 Å². The molecule has 0 aromatic heterocycles. The smallest absolute Gasteiger partial charge is 0.163 e. The molecule has 0 radical (unpaired) electrons. The highest BCUT2D eigenvalue weighted by atomic mass is 16.5. The van der Waals surface area contributed by atoms with Gasteiger partial charge in [0.05, 0.1) is 12.2 Å². The molecule has 14 heavy (non-hydrogen) atoms. The average Bonchev–Trinajstić information content (AvgIpc) is 2.11. The number of carbonyl (C=O) groups excluding carboxylic acids is 1. The van der Waals surface area contributed by atoms with Crippen molar-refractivity contribution in [3.8, 4) is 11.5 Å². The second kappa shape index (κ2) is 4.13. The van der Waals surface area contributed by atoms with Crippen molar-refractivity contribution >= 4 is 5.78 Å². The molecule has 1 N–H and O–H groups in total. The third kappa shape index (κ3) is 1.87. The minimum absolute atomic E-state index is 0.0955. The molecular weight excluding hydrogens is 180 g/mol. The molecule has 0 bridgehead atoms. The van der Waals surface area contributed by atoms with E-state index in [1.165, 1.54) is 13.0 Å². The molecule has 1 aromatic rings. The topological polar surface area (TPSA) is 46.5 Å². The summed E-state index contributed by atoms with van der Waals surface area (Å²) < 4.78 is 5.30. The highest BCUT2D eigenvalue weighted by Crippen LogP contribution is 2.29. The molecule has 0 amide bonds. The molecule has 0 fully saturated rings. The Kier molecular flexibility index (Phi) is 3.12. The molecule has 0 heterocycles. The molecule has 0 atom stereocenters. The van der Waals surface area contributed by atoms with Gasteiger partial charge in [0, 0.05) is 5.56 Å². The van der Waals surface area contributed by atoms with Crippen LogP contribution in [-0.2, 0) is 0 Å². The summed E-state index contributed by atoms with van der Waals surface area (Å²) in [5.74, 6) is 0.566. The van der Waals surface area contributed by atoms with E-state index in [-0.39, 0.29) is 11.5 Å². The van der Waals surface area contributed by atoms with Gasteiger partial charge in [0.15, 0.2) is 5.78 Å². The van der Waals surface area contributed by atoms with Gasteiger partial charge in [-0.1, -0.05) is 0 Å². The van der Waals surface area contributed by atoms with Crippen LogP contribution in [0.4, 0.5) is 0 Å². The van der Waals surface area contributed by atoms with E-state index in [2.05, 4.69) is 0 Å². The first-order valence-corrected chi connectivity index (χ1v) is 4.54. The highest BCUT2D eigenvalue weighted by Gasteiger charge is 2.14. The van der Waals surface area contributed by atoms with Crippen LogP contribution in [0.3, 0.4) is 0 Å². The summed E-state index contributed by atoms with van der Waals surface area (Å²) in [5, 5.41) is 9.43. The summed E-state index contributed by atoms with van der Waals surface area (Å²) in [5.41, 5.74) is 1.04. The largest absolute Gasteiger partial charge is 0.508 e. The number of hydrogen-bond acceptors (Lipinski definition) is 3. The van der Waals surface area contributed by atoms with Crippen LogP contribution >= 0.6 is 0 Å². The average molecular weight is 194 g/mol. The zero-order chi connectivity index (χ0) is 10.7. The maximum absolute atomic E-state index is 11.3. The molecule has 0 saturated heterocycles. The van der Waals surface area contributed by atoms with Crippen LogP contribution in [0.1, 0.15) is 29.8 Å². The Morgan fingerprint density at radius 2 is 2.14 bits per heavy atom. The van der Waals surface area contributed by atoms with Crippen molar-refractivity contribution in [1.29, 1.82) is 0 Å². The number of ketones is 1. The Labute approximate surface area is 83.3 Å². The standard InChI is InChI=1S/C11H14O3/c1-4-14-10-6-5-9(13)7(2)11(10)8(3)12/h5-6,13H,4H2,1-3H3. The first kappa shape index (κ1) is 10.6. The summed E-state index contributed by atoms with van der Waals surface area (Å²) in [6, 6.07) is 3.15. The Bertz CT molecular complexity index is 356. The normalized spacial score (nSPS) is 9.93. The van der Waals surface area contributed by atoms with E-state index in [0.29, 0.717) is 23.5 Å². The minimum Gasteiger partial charge on any atom is -0.508 e. The third-order valence-corrected chi connectivity index (χ3v) is 2.05. The fourth-order valence-electron chi connectivity index (χ4n) is 1.39. The van der Waals surface area contributed by atoms with E-state index in [4.69, 9.17) is 4.74 Å². The second-order valence-electron chi connectivity index (χ2n) is 3.07. The number of aromatic hydroxyl groups is 1. The van der Waals surface area contributed by atoms with E-state index in [1.54, 1.807) is 13.0 Å². The van der Waals surface area contributed by atoms with Crippen LogP contribution in [0.2, 0.25) is 0 Å². The van der Waals surface area contributed by atoms with Crippen LogP contribution in [0.5, 0.6) is 11.5 Å². The number of hydrogen-bond donors (Lipinski definition) is 1. The van der Waals surface area contributed by atoms with Gasteiger partial charge in [0.25, 0.3) is 0 Å². The lowest BCUT2D eigenvalue weighted by atomic mass is 10.0. The number of carbonyl (C=O) groups is 1. The maximum atomic E-state index is 11.3. The molecule has 3 heteroatoms. The molecule has 3 nitrogen and oxygen atoms in total. The lowest BCUT2D eigenvalue weighted by Crippen LogP contribution is -2.03. The molecular formula is C11H14O3. The van der Waals surface area contributed by atoms with Crippen molar-refractivity contribution in [3.05, 3.63) is 23.3 Å². The number of phenolic OH excluding ortho intramolecular Hbond substituents is 1. The number of benzene rings is 1. The summed E-state index contributed by atoms with van der Waals surface area (Å²) in [7, 11) is 0. The Balaban J connectivity index is 3.30. The second-order valence-corrected chi connectivity index (χ2v) is 3.07. The lowest BCUT2D eigenvalue weighted by Gasteiger charge is -2.11. The van der Waals surface area contributed by atoms with Gasteiger partial charge in [-0.15, -0.1) is 0 Å². The molecule has 0 unspecified atom stereocenters. The van der Waals surface area contributed by atoms with Gasteiger partial charge in [0.2, 0.25) is 0 Å². The van der Waals surface area contributed by atoms with Gasteiger partial charge in [-0.05, 0) is 32.9 Å². The third-order valence-electron chi connectivity index (χ3n) is 2.05. The van der Waals surface area contributed by atoms with Gasteiger partial charge in [0.1, 0.15) is 11.5 Å². The van der Waals surface area contributed by atoms with Crippen LogP contribution in [0.15, 0.2) is 12.1 Å². The fraction of sp³-hybridized carbons (Fsp3) is 0.364. The summed E-state index contributed by atoms with van der Waals surface area (Å²) in [6.45, 7) is 5.52. The van der Waals surface area contributed by atoms with Crippen LogP contribution in [0, 0.1) is 6.92 Å². The lowest BCUT2D eigenvalue weighted by molar-refractivity contribution is 0.101. The quantitative estimate of drug-likeness (QED) is 0.751. The van der Waals surface area contributed by atoms with E-state index in [1.807, 2.05) is 6.92 Å². The van der Waals surface area contributed by atoms with E-state index in [0.717, 1.165) is 0 Å². The van der Waals surface area contributed by atoms with Gasteiger partial charge in [-0.25, -0.2) is 0 Å². The summed E-state index contributed by atoms with van der Waals surface area (Å²) >= 11 is 0. The van der Waals surface area contributed by atoms with Gasteiger partial charge in [-0.3, -0.25) is 4.79 Å². The van der Waals surface area contributed by atoms with Crippen molar-refractivity contribution in [2.75, 3.05) is 6.61 Å². The van der Waals surface area contributed by atoms with Crippen LogP contribution < -0.4 is 4.74 Å². The first-order chi connectivity index (χ1) is 6.57. The highest BCUT2D eigenvalue weighted by molar-refractivity contribution is 5.98.